The minimum atomic E-state index is -0.710. The molecule has 0 unspecified atom stereocenters. The van der Waals surface area contributed by atoms with Gasteiger partial charge >= 0.3 is 0 Å². The first-order valence-electron chi connectivity index (χ1n) is 9.08. The van der Waals surface area contributed by atoms with E-state index in [2.05, 4.69) is 5.16 Å². The molecule has 0 fully saturated rings. The minimum absolute atomic E-state index is 0.0296. The number of benzene rings is 2. The van der Waals surface area contributed by atoms with Crippen LogP contribution in [-0.2, 0) is 20.9 Å². The summed E-state index contributed by atoms with van der Waals surface area (Å²) in [5, 5.41) is 4.13. The largest absolute Gasteiger partial charge is 0.496 e. The van der Waals surface area contributed by atoms with E-state index in [9.17, 15) is 13.6 Å². The Hall–Kier alpha value is -3.00. The van der Waals surface area contributed by atoms with Crippen molar-refractivity contribution in [1.29, 1.82) is 0 Å². The Morgan fingerprint density at radius 1 is 1.24 bits per heavy atom. The number of hydrogen-bond donors (Lipinski definition) is 0. The van der Waals surface area contributed by atoms with Crippen molar-refractivity contribution in [2.45, 2.75) is 19.1 Å². The minimum Gasteiger partial charge on any atom is -0.496 e. The van der Waals surface area contributed by atoms with Gasteiger partial charge < -0.3 is 19.2 Å². The van der Waals surface area contributed by atoms with E-state index in [1.807, 2.05) is 24.3 Å². The summed E-state index contributed by atoms with van der Waals surface area (Å²) in [7, 11) is 2.98. The molecule has 1 aliphatic heterocycles. The van der Waals surface area contributed by atoms with Crippen LogP contribution < -0.4 is 4.74 Å². The molecule has 154 valence electrons. The molecular weight excluding hydrogens is 382 g/mol. The van der Waals surface area contributed by atoms with Crippen molar-refractivity contribution in [1.82, 2.24) is 4.90 Å². The highest BCUT2D eigenvalue weighted by Crippen LogP contribution is 2.25. The zero-order valence-corrected chi connectivity index (χ0v) is 16.2. The smallest absolute Gasteiger partial charge is 0.248 e. The summed E-state index contributed by atoms with van der Waals surface area (Å²) in [6.45, 7) is -0.00489. The van der Waals surface area contributed by atoms with Crippen LogP contribution >= 0.6 is 0 Å². The average Bonchev–Trinajstić information content (AvgIpc) is 3.18. The van der Waals surface area contributed by atoms with Crippen LogP contribution in [0.5, 0.6) is 5.75 Å². The number of carbonyl (C=O) groups excluding carboxylic acids is 1. The van der Waals surface area contributed by atoms with Crippen LogP contribution in [0, 0.1) is 11.6 Å². The summed E-state index contributed by atoms with van der Waals surface area (Å²) in [6, 6.07) is 10.7. The van der Waals surface area contributed by atoms with Gasteiger partial charge in [0.05, 0.1) is 19.4 Å². The number of nitrogens with zero attached hydrogens (tertiary/aromatic N) is 2. The van der Waals surface area contributed by atoms with Gasteiger partial charge in [-0.2, -0.15) is 0 Å². The van der Waals surface area contributed by atoms with E-state index in [1.54, 1.807) is 7.11 Å². The van der Waals surface area contributed by atoms with Gasteiger partial charge in [-0.25, -0.2) is 8.78 Å². The lowest BCUT2D eigenvalue weighted by Gasteiger charge is -2.25. The number of amides is 1. The van der Waals surface area contributed by atoms with Gasteiger partial charge in [-0.1, -0.05) is 23.4 Å². The Morgan fingerprint density at radius 2 is 2.03 bits per heavy atom. The second-order valence-electron chi connectivity index (χ2n) is 6.61. The summed E-state index contributed by atoms with van der Waals surface area (Å²) in [4.78, 5) is 19.4. The maximum atomic E-state index is 14.1. The topological polar surface area (TPSA) is 60.4 Å². The van der Waals surface area contributed by atoms with Gasteiger partial charge in [-0.3, -0.25) is 4.79 Å². The number of halogens is 2. The van der Waals surface area contributed by atoms with Gasteiger partial charge in [-0.15, -0.1) is 0 Å². The third kappa shape index (κ3) is 5.08. The second-order valence-corrected chi connectivity index (χ2v) is 6.61. The lowest BCUT2D eigenvalue weighted by molar-refractivity contribution is -0.137. The number of hydrogen-bond acceptors (Lipinski definition) is 5. The van der Waals surface area contributed by atoms with Gasteiger partial charge in [0.2, 0.25) is 5.91 Å². The third-order valence-electron chi connectivity index (χ3n) is 4.57. The lowest BCUT2D eigenvalue weighted by Crippen LogP contribution is -2.39. The van der Waals surface area contributed by atoms with Crippen molar-refractivity contribution in [2.24, 2.45) is 5.16 Å². The van der Waals surface area contributed by atoms with Crippen molar-refractivity contribution in [3.63, 3.8) is 0 Å². The standard InChI is InChI=1S/C21H22F2N2O4/c1-27-13-21(26)25(11-14-7-8-15(22)9-18(14)23)12-16-10-19(24-29-16)17-5-3-4-6-20(17)28-2/h3-9,16H,10-13H2,1-2H3/t16-/m0/s1. The molecule has 1 heterocycles. The highest BCUT2D eigenvalue weighted by atomic mass is 19.1. The van der Waals surface area contributed by atoms with Crippen LogP contribution in [0.3, 0.4) is 0 Å². The number of ether oxygens (including phenoxy) is 2. The summed E-state index contributed by atoms with van der Waals surface area (Å²) in [5.74, 6) is -1.03. The average molecular weight is 404 g/mol. The van der Waals surface area contributed by atoms with Crippen molar-refractivity contribution in [3.8, 4) is 5.75 Å². The fraction of sp³-hybridized carbons (Fsp3) is 0.333. The molecule has 0 aromatic heterocycles. The molecular formula is C21H22F2N2O4. The molecule has 6 nitrogen and oxygen atoms in total. The molecule has 0 bridgehead atoms. The quantitative estimate of drug-likeness (QED) is 0.678. The number of para-hydroxylation sites is 1. The third-order valence-corrected chi connectivity index (χ3v) is 4.57. The van der Waals surface area contributed by atoms with E-state index in [4.69, 9.17) is 14.3 Å². The molecule has 0 saturated heterocycles. The summed E-state index contributed by atoms with van der Waals surface area (Å²) < 4.78 is 37.5. The van der Waals surface area contributed by atoms with Crippen LogP contribution in [0.25, 0.3) is 0 Å². The molecule has 1 aliphatic rings. The highest BCUT2D eigenvalue weighted by molar-refractivity contribution is 6.03. The number of methoxy groups -OCH3 is 2. The first kappa shape index (κ1) is 20.7. The molecule has 2 aromatic carbocycles. The molecule has 1 atom stereocenters. The SMILES string of the molecule is COCC(=O)N(Cc1ccc(F)cc1F)C[C@@H]1CC(c2ccccc2OC)=NO1. The Balaban J connectivity index is 1.71. The first-order chi connectivity index (χ1) is 14.0. The van der Waals surface area contributed by atoms with Gasteiger partial charge in [0.1, 0.15) is 24.0 Å². The molecule has 1 amide bonds. The predicted molar refractivity (Wildman–Crippen MR) is 103 cm³/mol. The van der Waals surface area contributed by atoms with Crippen molar-refractivity contribution in [3.05, 3.63) is 65.2 Å². The fourth-order valence-electron chi connectivity index (χ4n) is 3.14. The van der Waals surface area contributed by atoms with Gasteiger partial charge in [0, 0.05) is 37.3 Å². The monoisotopic (exact) mass is 404 g/mol. The Labute approximate surface area is 167 Å². The van der Waals surface area contributed by atoms with Crippen molar-refractivity contribution >= 4 is 11.6 Å². The number of carbonyl (C=O) groups is 1. The predicted octanol–water partition coefficient (Wildman–Crippen LogP) is 3.14. The fourth-order valence-corrected chi connectivity index (χ4v) is 3.14. The zero-order chi connectivity index (χ0) is 20.8. The van der Waals surface area contributed by atoms with E-state index in [1.165, 1.54) is 18.1 Å². The number of rotatable bonds is 8. The Kier molecular flexibility index (Phi) is 6.77. The molecule has 0 N–H and O–H groups in total. The van der Waals surface area contributed by atoms with Crippen molar-refractivity contribution in [2.75, 3.05) is 27.4 Å². The maximum Gasteiger partial charge on any atom is 0.248 e. The van der Waals surface area contributed by atoms with E-state index in [0.717, 1.165) is 17.7 Å². The highest BCUT2D eigenvalue weighted by Gasteiger charge is 2.28. The Morgan fingerprint density at radius 3 is 2.76 bits per heavy atom. The molecule has 3 rings (SSSR count). The van der Waals surface area contributed by atoms with E-state index in [0.29, 0.717) is 17.9 Å². The first-order valence-corrected chi connectivity index (χ1v) is 9.08. The lowest BCUT2D eigenvalue weighted by atomic mass is 10.0. The van der Waals surface area contributed by atoms with Crippen LogP contribution in [-0.4, -0.2) is 50.0 Å². The van der Waals surface area contributed by atoms with E-state index in [-0.39, 0.29) is 31.2 Å². The van der Waals surface area contributed by atoms with Crippen LogP contribution in [0.4, 0.5) is 8.78 Å². The molecule has 8 heteroatoms. The molecule has 2 aromatic rings. The van der Waals surface area contributed by atoms with Crippen molar-refractivity contribution < 1.29 is 27.9 Å². The number of oxime groups is 1. The van der Waals surface area contributed by atoms with Crippen LogP contribution in [0.2, 0.25) is 0 Å². The van der Waals surface area contributed by atoms with Crippen LogP contribution in [0.15, 0.2) is 47.6 Å². The summed E-state index contributed by atoms with van der Waals surface area (Å²) >= 11 is 0. The molecule has 29 heavy (non-hydrogen) atoms. The van der Waals surface area contributed by atoms with E-state index >= 15 is 0 Å². The summed E-state index contributed by atoms with van der Waals surface area (Å²) in [6.07, 6.45) is 0.0579. The van der Waals surface area contributed by atoms with Gasteiger partial charge in [-0.05, 0) is 18.2 Å². The molecule has 0 saturated carbocycles. The Bertz CT molecular complexity index is 904. The molecule has 0 aliphatic carbocycles. The zero-order valence-electron chi connectivity index (χ0n) is 16.2. The van der Waals surface area contributed by atoms with E-state index < -0.39 is 17.7 Å². The second kappa shape index (κ2) is 9.47. The normalized spacial score (nSPS) is 15.6. The van der Waals surface area contributed by atoms with Gasteiger partial charge in [0.15, 0.2) is 6.10 Å². The summed E-state index contributed by atoms with van der Waals surface area (Å²) in [5.41, 5.74) is 1.73. The van der Waals surface area contributed by atoms with Crippen LogP contribution in [0.1, 0.15) is 17.5 Å². The van der Waals surface area contributed by atoms with Gasteiger partial charge in [0.25, 0.3) is 0 Å². The molecule has 0 radical (unpaired) electrons. The maximum absolute atomic E-state index is 14.1. The molecule has 0 spiro atoms.